The van der Waals surface area contributed by atoms with E-state index in [2.05, 4.69) is 44.5 Å². The molecule has 0 amide bonds. The number of benzene rings is 1. The average molecular weight is 546 g/mol. The van der Waals surface area contributed by atoms with Gasteiger partial charge in [-0.25, -0.2) is 0 Å². The highest BCUT2D eigenvalue weighted by molar-refractivity contribution is 14.0. The van der Waals surface area contributed by atoms with Crippen LogP contribution in [0, 0.1) is 5.92 Å². The third kappa shape index (κ3) is 7.59. The Bertz CT molecular complexity index is 672. The van der Waals surface area contributed by atoms with Crippen LogP contribution < -0.4 is 25.0 Å². The van der Waals surface area contributed by atoms with Gasteiger partial charge in [0.15, 0.2) is 5.96 Å². The number of likely N-dealkylation sites (tertiary alicyclic amines) is 1. The van der Waals surface area contributed by atoms with Gasteiger partial charge in [-0.1, -0.05) is 6.92 Å². The van der Waals surface area contributed by atoms with Gasteiger partial charge >= 0.3 is 0 Å². The first-order valence-electron chi connectivity index (χ1n) is 11.3. The summed E-state index contributed by atoms with van der Waals surface area (Å²) in [4.78, 5) is 9.42. The molecule has 2 aliphatic rings. The number of piperidine rings is 1. The molecule has 1 aromatic rings. The lowest BCUT2D eigenvalue weighted by molar-refractivity contribution is 0.185. The van der Waals surface area contributed by atoms with E-state index in [9.17, 15) is 0 Å². The molecule has 2 aliphatic heterocycles. The molecule has 0 saturated carbocycles. The number of aliphatic imine (C=N–C) groups is 1. The molecule has 2 N–H and O–H groups in total. The molecule has 1 unspecified atom stereocenters. The molecular weight excluding hydrogens is 505 g/mol. The van der Waals surface area contributed by atoms with E-state index in [0.717, 1.165) is 55.1 Å². The van der Waals surface area contributed by atoms with Crippen LogP contribution in [0.25, 0.3) is 0 Å². The fourth-order valence-electron chi connectivity index (χ4n) is 4.45. The lowest BCUT2D eigenvalue weighted by Crippen LogP contribution is -2.47. The highest BCUT2D eigenvalue weighted by Gasteiger charge is 2.25. The molecule has 7 nitrogen and oxygen atoms in total. The number of halogens is 1. The molecular formula is C23H40IN5O2. The van der Waals surface area contributed by atoms with Gasteiger partial charge in [-0.15, -0.1) is 24.0 Å². The van der Waals surface area contributed by atoms with Crippen LogP contribution in [0.3, 0.4) is 0 Å². The minimum atomic E-state index is 0. The second-order valence-corrected chi connectivity index (χ2v) is 8.38. The van der Waals surface area contributed by atoms with Crippen molar-refractivity contribution in [2.45, 2.75) is 38.6 Å². The Morgan fingerprint density at radius 2 is 1.74 bits per heavy atom. The molecule has 1 atom stereocenters. The predicted octanol–water partition coefficient (Wildman–Crippen LogP) is 3.19. The van der Waals surface area contributed by atoms with E-state index in [4.69, 9.17) is 9.47 Å². The second-order valence-electron chi connectivity index (χ2n) is 8.38. The van der Waals surface area contributed by atoms with E-state index in [0.29, 0.717) is 6.04 Å². The minimum absolute atomic E-state index is 0. The molecule has 0 bridgehead atoms. The van der Waals surface area contributed by atoms with Crippen LogP contribution in [0.1, 0.15) is 32.6 Å². The number of nitrogens with one attached hydrogen (secondary N) is 2. The van der Waals surface area contributed by atoms with Gasteiger partial charge in [0.05, 0.1) is 14.2 Å². The fraction of sp³-hybridized carbons (Fsp3) is 0.696. The van der Waals surface area contributed by atoms with Crippen molar-refractivity contribution in [3.63, 3.8) is 0 Å². The van der Waals surface area contributed by atoms with E-state index in [-0.39, 0.29) is 24.0 Å². The molecule has 3 rings (SSSR count). The number of ether oxygens (including phenoxy) is 2. The molecule has 0 spiro atoms. The van der Waals surface area contributed by atoms with Gasteiger partial charge in [-0.3, -0.25) is 4.99 Å². The van der Waals surface area contributed by atoms with Gasteiger partial charge in [0.1, 0.15) is 11.5 Å². The van der Waals surface area contributed by atoms with Crippen LogP contribution in [0.5, 0.6) is 11.5 Å². The molecule has 1 aromatic carbocycles. The first kappa shape index (κ1) is 25.8. The van der Waals surface area contributed by atoms with Crippen molar-refractivity contribution in [3.8, 4) is 11.5 Å². The Hall–Kier alpha value is -1.42. The second kappa shape index (κ2) is 13.2. The molecule has 176 valence electrons. The third-order valence-electron chi connectivity index (χ3n) is 6.26. The van der Waals surface area contributed by atoms with Gasteiger partial charge in [-0.05, 0) is 51.2 Å². The van der Waals surface area contributed by atoms with Crippen molar-refractivity contribution in [2.75, 3.05) is 65.4 Å². The standard InChI is InChI=1S/C23H39N5O2.HI/c1-5-9-27-10-6-18(7-11-27)16-25-23(24-2)26-19-8-12-28(17-19)20-13-21(29-3)15-22(14-20)30-4;/h13-15,18-19H,5-12,16-17H2,1-4H3,(H2,24,25,26);1H. The number of anilines is 1. The van der Waals surface area contributed by atoms with Crippen molar-refractivity contribution in [2.24, 2.45) is 10.9 Å². The number of rotatable bonds is 8. The van der Waals surface area contributed by atoms with Gasteiger partial charge in [-0.2, -0.15) is 0 Å². The van der Waals surface area contributed by atoms with Crippen LogP contribution >= 0.6 is 24.0 Å². The quantitative estimate of drug-likeness (QED) is 0.298. The largest absolute Gasteiger partial charge is 0.497 e. The van der Waals surface area contributed by atoms with Crippen molar-refractivity contribution < 1.29 is 9.47 Å². The molecule has 8 heteroatoms. The third-order valence-corrected chi connectivity index (χ3v) is 6.26. The minimum Gasteiger partial charge on any atom is -0.497 e. The van der Waals surface area contributed by atoms with Crippen molar-refractivity contribution >= 4 is 35.6 Å². The number of hydrogen-bond acceptors (Lipinski definition) is 5. The van der Waals surface area contributed by atoms with E-state index >= 15 is 0 Å². The maximum atomic E-state index is 5.42. The van der Waals surface area contributed by atoms with Crippen LogP contribution in [-0.2, 0) is 0 Å². The summed E-state index contributed by atoms with van der Waals surface area (Å²) in [5.41, 5.74) is 1.14. The zero-order valence-corrected chi connectivity index (χ0v) is 21.9. The van der Waals surface area contributed by atoms with E-state index < -0.39 is 0 Å². The number of methoxy groups -OCH3 is 2. The first-order valence-corrected chi connectivity index (χ1v) is 11.3. The Kier molecular flexibility index (Phi) is 11.0. The Morgan fingerprint density at radius 1 is 1.06 bits per heavy atom. The molecule has 31 heavy (non-hydrogen) atoms. The number of nitrogens with zero attached hydrogens (tertiary/aromatic N) is 3. The van der Waals surface area contributed by atoms with E-state index in [1.807, 2.05) is 13.1 Å². The first-order chi connectivity index (χ1) is 14.6. The summed E-state index contributed by atoms with van der Waals surface area (Å²) in [5, 5.41) is 7.18. The van der Waals surface area contributed by atoms with Crippen LogP contribution in [0.15, 0.2) is 23.2 Å². The van der Waals surface area contributed by atoms with Crippen LogP contribution in [0.4, 0.5) is 5.69 Å². The Balaban J connectivity index is 0.00000341. The maximum Gasteiger partial charge on any atom is 0.191 e. The summed E-state index contributed by atoms with van der Waals surface area (Å²) in [7, 11) is 5.24. The van der Waals surface area contributed by atoms with E-state index in [1.54, 1.807) is 14.2 Å². The summed E-state index contributed by atoms with van der Waals surface area (Å²) in [6.45, 7) is 8.90. The predicted molar refractivity (Wildman–Crippen MR) is 140 cm³/mol. The van der Waals surface area contributed by atoms with Gasteiger partial charge < -0.3 is 29.9 Å². The van der Waals surface area contributed by atoms with E-state index in [1.165, 1.54) is 38.9 Å². The lowest BCUT2D eigenvalue weighted by Gasteiger charge is -2.32. The summed E-state index contributed by atoms with van der Waals surface area (Å²) in [5.74, 6) is 3.30. The maximum absolute atomic E-state index is 5.42. The topological polar surface area (TPSA) is 61.4 Å². The summed E-state index contributed by atoms with van der Waals surface area (Å²) < 4.78 is 10.8. The van der Waals surface area contributed by atoms with Gasteiger partial charge in [0, 0.05) is 56.6 Å². The molecule has 0 aliphatic carbocycles. The Morgan fingerprint density at radius 3 is 2.32 bits per heavy atom. The van der Waals surface area contributed by atoms with Crippen molar-refractivity contribution in [1.29, 1.82) is 0 Å². The molecule has 0 aromatic heterocycles. The van der Waals surface area contributed by atoms with Gasteiger partial charge in [0.25, 0.3) is 0 Å². The van der Waals surface area contributed by atoms with Crippen LogP contribution in [-0.4, -0.2) is 77.4 Å². The molecule has 2 fully saturated rings. The fourth-order valence-corrected chi connectivity index (χ4v) is 4.45. The van der Waals surface area contributed by atoms with Crippen molar-refractivity contribution in [1.82, 2.24) is 15.5 Å². The lowest BCUT2D eigenvalue weighted by atomic mass is 9.97. The number of guanidine groups is 1. The van der Waals surface area contributed by atoms with Crippen molar-refractivity contribution in [3.05, 3.63) is 18.2 Å². The smallest absolute Gasteiger partial charge is 0.191 e. The highest BCUT2D eigenvalue weighted by Crippen LogP contribution is 2.30. The monoisotopic (exact) mass is 545 g/mol. The molecule has 2 heterocycles. The highest BCUT2D eigenvalue weighted by atomic mass is 127. The average Bonchev–Trinajstić information content (AvgIpc) is 3.26. The summed E-state index contributed by atoms with van der Waals surface area (Å²) in [6, 6.07) is 6.43. The molecule has 2 saturated heterocycles. The number of hydrogen-bond donors (Lipinski definition) is 2. The zero-order valence-electron chi connectivity index (χ0n) is 19.5. The van der Waals surface area contributed by atoms with Crippen LogP contribution in [0.2, 0.25) is 0 Å². The molecule has 0 radical (unpaired) electrons. The normalized spacial score (nSPS) is 20.3. The summed E-state index contributed by atoms with van der Waals surface area (Å²) >= 11 is 0. The zero-order chi connectivity index (χ0) is 21.3. The van der Waals surface area contributed by atoms with Gasteiger partial charge in [0.2, 0.25) is 0 Å². The Labute approximate surface area is 205 Å². The SMILES string of the molecule is CCCN1CCC(CNC(=NC)NC2CCN(c3cc(OC)cc(OC)c3)C2)CC1.I. The summed E-state index contributed by atoms with van der Waals surface area (Å²) in [6.07, 6.45) is 4.88.